The molecule has 0 aliphatic carbocycles. The first-order valence-electron chi connectivity index (χ1n) is 6.06. The lowest BCUT2D eigenvalue weighted by Gasteiger charge is -2.04. The molecule has 20 heavy (non-hydrogen) atoms. The molecule has 0 aliphatic rings. The number of benzene rings is 1. The maximum atomic E-state index is 11.8. The van der Waals surface area contributed by atoms with E-state index in [4.69, 9.17) is 11.6 Å². The molecule has 0 fully saturated rings. The van der Waals surface area contributed by atoms with E-state index in [2.05, 4.69) is 14.9 Å². The molecule has 106 valence electrons. The molecule has 1 N–H and O–H groups in total. The van der Waals surface area contributed by atoms with Gasteiger partial charge in [0.1, 0.15) is 4.88 Å². The highest BCUT2D eigenvalue weighted by atomic mass is 35.5. The van der Waals surface area contributed by atoms with Gasteiger partial charge in [-0.2, -0.15) is 11.8 Å². The van der Waals surface area contributed by atoms with Gasteiger partial charge in [0, 0.05) is 23.1 Å². The molecule has 1 aromatic carbocycles. The van der Waals surface area contributed by atoms with E-state index in [0.29, 0.717) is 17.1 Å². The number of rotatable bonds is 6. The van der Waals surface area contributed by atoms with Gasteiger partial charge in [0.2, 0.25) is 0 Å². The van der Waals surface area contributed by atoms with Crippen molar-refractivity contribution in [3.63, 3.8) is 0 Å². The fraction of sp³-hybridized carbons (Fsp3) is 0.308. The van der Waals surface area contributed by atoms with Crippen LogP contribution in [0.15, 0.2) is 24.3 Å². The summed E-state index contributed by atoms with van der Waals surface area (Å²) in [6.07, 6.45) is 0. The van der Waals surface area contributed by atoms with Crippen LogP contribution in [0, 0.1) is 6.92 Å². The lowest BCUT2D eigenvalue weighted by molar-refractivity contribution is 0.0959. The van der Waals surface area contributed by atoms with E-state index in [1.807, 2.05) is 24.3 Å². The van der Waals surface area contributed by atoms with Crippen LogP contribution in [0.4, 0.5) is 0 Å². The van der Waals surface area contributed by atoms with Gasteiger partial charge in [0.15, 0.2) is 0 Å². The van der Waals surface area contributed by atoms with Crippen molar-refractivity contribution in [2.24, 2.45) is 0 Å². The fourth-order valence-electron chi connectivity index (χ4n) is 1.53. The topological polar surface area (TPSA) is 54.9 Å². The van der Waals surface area contributed by atoms with Crippen molar-refractivity contribution < 1.29 is 4.79 Å². The Balaban J connectivity index is 1.66. The third kappa shape index (κ3) is 4.47. The fourth-order valence-corrected chi connectivity index (χ4v) is 3.05. The van der Waals surface area contributed by atoms with Crippen LogP contribution < -0.4 is 5.32 Å². The van der Waals surface area contributed by atoms with E-state index in [9.17, 15) is 4.79 Å². The Morgan fingerprint density at radius 1 is 1.40 bits per heavy atom. The zero-order valence-electron chi connectivity index (χ0n) is 10.9. The Labute approximate surface area is 131 Å². The lowest BCUT2D eigenvalue weighted by Crippen LogP contribution is -2.25. The first-order chi connectivity index (χ1) is 9.66. The lowest BCUT2D eigenvalue weighted by atomic mass is 10.2. The van der Waals surface area contributed by atoms with Gasteiger partial charge in [-0.3, -0.25) is 4.79 Å². The predicted molar refractivity (Wildman–Crippen MR) is 84.6 cm³/mol. The number of carbonyl (C=O) groups is 1. The summed E-state index contributed by atoms with van der Waals surface area (Å²) >= 11 is 8.73. The van der Waals surface area contributed by atoms with E-state index in [-0.39, 0.29) is 5.91 Å². The van der Waals surface area contributed by atoms with E-state index in [1.54, 1.807) is 18.7 Å². The van der Waals surface area contributed by atoms with E-state index in [0.717, 1.165) is 28.1 Å². The molecule has 2 rings (SSSR count). The SMILES string of the molecule is Cc1nnsc1C(=O)NCCSCc1ccc(Cl)cc1. The summed E-state index contributed by atoms with van der Waals surface area (Å²) < 4.78 is 3.75. The number of nitrogens with one attached hydrogen (secondary N) is 1. The van der Waals surface area contributed by atoms with Gasteiger partial charge in [-0.1, -0.05) is 28.2 Å². The molecule has 0 unspecified atom stereocenters. The molecule has 0 radical (unpaired) electrons. The number of hydrogen-bond acceptors (Lipinski definition) is 5. The highest BCUT2D eigenvalue weighted by Gasteiger charge is 2.11. The molecule has 0 spiro atoms. The van der Waals surface area contributed by atoms with Gasteiger partial charge in [-0.05, 0) is 36.2 Å². The highest BCUT2D eigenvalue weighted by Crippen LogP contribution is 2.15. The first-order valence-corrected chi connectivity index (χ1v) is 8.37. The molecule has 1 aromatic heterocycles. The molecular weight excluding hydrogens is 314 g/mol. The van der Waals surface area contributed by atoms with Crippen molar-refractivity contribution in [1.29, 1.82) is 0 Å². The summed E-state index contributed by atoms with van der Waals surface area (Å²) in [5.74, 6) is 1.68. The maximum absolute atomic E-state index is 11.8. The number of amides is 1. The second kappa shape index (κ2) is 7.61. The molecule has 0 aliphatic heterocycles. The van der Waals surface area contributed by atoms with Crippen molar-refractivity contribution in [2.45, 2.75) is 12.7 Å². The van der Waals surface area contributed by atoms with Crippen molar-refractivity contribution in [3.8, 4) is 0 Å². The molecule has 2 aromatic rings. The van der Waals surface area contributed by atoms with Gasteiger partial charge in [0.05, 0.1) is 5.69 Å². The van der Waals surface area contributed by atoms with Crippen LogP contribution in [0.25, 0.3) is 0 Å². The van der Waals surface area contributed by atoms with Gasteiger partial charge >= 0.3 is 0 Å². The second-order valence-corrected chi connectivity index (χ2v) is 6.42. The van der Waals surface area contributed by atoms with Crippen LogP contribution in [-0.2, 0) is 5.75 Å². The highest BCUT2D eigenvalue weighted by molar-refractivity contribution is 7.98. The molecule has 0 saturated carbocycles. The number of nitrogens with zero attached hydrogens (tertiary/aromatic N) is 2. The standard InChI is InChI=1S/C13H14ClN3OS2/c1-9-12(20-17-16-9)13(18)15-6-7-19-8-10-2-4-11(14)5-3-10/h2-5H,6-8H2,1H3,(H,15,18). The van der Waals surface area contributed by atoms with Gasteiger partial charge in [-0.25, -0.2) is 0 Å². The van der Waals surface area contributed by atoms with Gasteiger partial charge in [-0.15, -0.1) is 5.10 Å². The maximum Gasteiger partial charge on any atom is 0.264 e. The Hall–Kier alpha value is -1.11. The van der Waals surface area contributed by atoms with Crippen molar-refractivity contribution in [3.05, 3.63) is 45.4 Å². The summed E-state index contributed by atoms with van der Waals surface area (Å²) in [6, 6.07) is 7.80. The number of aromatic nitrogens is 2. The number of halogens is 1. The van der Waals surface area contributed by atoms with Crippen LogP contribution >= 0.6 is 34.9 Å². The Bertz CT molecular complexity index is 571. The summed E-state index contributed by atoms with van der Waals surface area (Å²) in [4.78, 5) is 12.4. The van der Waals surface area contributed by atoms with Crippen molar-refractivity contribution >= 4 is 40.8 Å². The summed E-state index contributed by atoms with van der Waals surface area (Å²) in [5, 5.41) is 7.44. The predicted octanol–water partition coefficient (Wildman–Crippen LogP) is 3.16. The molecule has 1 heterocycles. The molecule has 7 heteroatoms. The molecular formula is C13H14ClN3OS2. The van der Waals surface area contributed by atoms with Gasteiger partial charge in [0.25, 0.3) is 5.91 Å². The number of carbonyl (C=O) groups excluding carboxylic acids is 1. The summed E-state index contributed by atoms with van der Waals surface area (Å²) in [6.45, 7) is 2.42. The minimum Gasteiger partial charge on any atom is -0.350 e. The third-order valence-electron chi connectivity index (χ3n) is 2.57. The molecule has 0 atom stereocenters. The average Bonchev–Trinajstić information content (AvgIpc) is 2.86. The number of hydrogen-bond donors (Lipinski definition) is 1. The molecule has 0 saturated heterocycles. The smallest absolute Gasteiger partial charge is 0.264 e. The quantitative estimate of drug-likeness (QED) is 0.828. The van der Waals surface area contributed by atoms with Crippen LogP contribution in [0.1, 0.15) is 20.9 Å². The van der Waals surface area contributed by atoms with Crippen LogP contribution in [0.3, 0.4) is 0 Å². The van der Waals surface area contributed by atoms with Crippen LogP contribution in [-0.4, -0.2) is 27.8 Å². The normalized spacial score (nSPS) is 10.5. The summed E-state index contributed by atoms with van der Waals surface area (Å²) in [7, 11) is 0. The first kappa shape index (κ1) is 15.3. The van der Waals surface area contributed by atoms with Crippen LogP contribution in [0.5, 0.6) is 0 Å². The number of aryl methyl sites for hydroxylation is 1. The second-order valence-electron chi connectivity index (χ2n) is 4.12. The van der Waals surface area contributed by atoms with E-state index >= 15 is 0 Å². The molecule has 0 bridgehead atoms. The third-order valence-corrected chi connectivity index (χ3v) is 4.68. The Morgan fingerprint density at radius 3 is 2.80 bits per heavy atom. The van der Waals surface area contributed by atoms with E-state index in [1.165, 1.54) is 5.56 Å². The Kier molecular flexibility index (Phi) is 5.82. The zero-order valence-corrected chi connectivity index (χ0v) is 13.3. The van der Waals surface area contributed by atoms with Crippen molar-refractivity contribution in [2.75, 3.05) is 12.3 Å². The summed E-state index contributed by atoms with van der Waals surface area (Å²) in [5.41, 5.74) is 1.91. The monoisotopic (exact) mass is 327 g/mol. The minimum absolute atomic E-state index is 0.0930. The average molecular weight is 328 g/mol. The van der Waals surface area contributed by atoms with Crippen molar-refractivity contribution in [1.82, 2.24) is 14.9 Å². The minimum atomic E-state index is -0.0930. The Morgan fingerprint density at radius 2 is 2.15 bits per heavy atom. The van der Waals surface area contributed by atoms with Gasteiger partial charge < -0.3 is 5.32 Å². The van der Waals surface area contributed by atoms with E-state index < -0.39 is 0 Å². The molecule has 1 amide bonds. The number of thioether (sulfide) groups is 1. The molecule has 4 nitrogen and oxygen atoms in total. The largest absolute Gasteiger partial charge is 0.350 e. The zero-order chi connectivity index (χ0) is 14.4. The van der Waals surface area contributed by atoms with Crippen LogP contribution in [0.2, 0.25) is 5.02 Å².